The van der Waals surface area contributed by atoms with Crippen molar-refractivity contribution in [3.8, 4) is 0 Å². The van der Waals surface area contributed by atoms with Gasteiger partial charge in [-0.1, -0.05) is 32.9 Å². The van der Waals surface area contributed by atoms with Crippen molar-refractivity contribution in [3.63, 3.8) is 0 Å². The highest BCUT2D eigenvalue weighted by Crippen LogP contribution is 2.25. The van der Waals surface area contributed by atoms with Gasteiger partial charge >= 0.3 is 5.97 Å². The number of hydrogen-bond acceptors (Lipinski definition) is 4. The van der Waals surface area contributed by atoms with Crippen LogP contribution in [0, 0.1) is 5.92 Å². The Labute approximate surface area is 153 Å². The van der Waals surface area contributed by atoms with Crippen molar-refractivity contribution >= 4 is 23.6 Å². The molecule has 1 fully saturated rings. The van der Waals surface area contributed by atoms with E-state index in [0.29, 0.717) is 13.2 Å². The minimum atomic E-state index is -0.997. The van der Waals surface area contributed by atoms with Crippen molar-refractivity contribution in [2.45, 2.75) is 50.0 Å². The Hall–Kier alpha value is -1.53. The number of carbonyl (C=O) groups is 2. The molecule has 0 bridgehead atoms. The lowest BCUT2D eigenvalue weighted by molar-refractivity contribution is -0.144. The van der Waals surface area contributed by atoms with Crippen LogP contribution in [0.2, 0.25) is 0 Å². The molecule has 6 heteroatoms. The van der Waals surface area contributed by atoms with Gasteiger partial charge in [-0.15, -0.1) is 11.8 Å². The molecule has 2 N–H and O–H groups in total. The van der Waals surface area contributed by atoms with Crippen LogP contribution in [0.1, 0.15) is 39.2 Å². The van der Waals surface area contributed by atoms with Gasteiger partial charge < -0.3 is 15.2 Å². The summed E-state index contributed by atoms with van der Waals surface area (Å²) in [4.78, 5) is 24.6. The lowest BCUT2D eigenvalue weighted by Gasteiger charge is -2.28. The average molecular weight is 365 g/mol. The van der Waals surface area contributed by atoms with E-state index in [1.807, 2.05) is 12.1 Å². The largest absolute Gasteiger partial charge is 0.480 e. The van der Waals surface area contributed by atoms with Crippen molar-refractivity contribution in [2.75, 3.05) is 19.0 Å². The number of ether oxygens (including phenoxy) is 1. The Balaban J connectivity index is 1.87. The number of carboxylic acid groups (broad SMARTS) is 1. The standard InChI is InChI=1S/C19H27NO4S/c1-19(2,3)14-6-8-15(9-7-14)25-12-16(21)20-17(18(22)23)13-5-4-10-24-11-13/h6-9,13,17H,4-5,10-12H2,1-3H3,(H,20,21)(H,22,23). The Kier molecular flexibility index (Phi) is 6.90. The van der Waals surface area contributed by atoms with Gasteiger partial charge in [0, 0.05) is 17.4 Å². The molecule has 1 aromatic rings. The zero-order chi connectivity index (χ0) is 18.4. The molecule has 2 unspecified atom stereocenters. The second-order valence-electron chi connectivity index (χ2n) is 7.42. The Bertz CT molecular complexity index is 588. The lowest BCUT2D eigenvalue weighted by atomic mass is 9.87. The third-order valence-corrected chi connectivity index (χ3v) is 5.35. The van der Waals surface area contributed by atoms with E-state index >= 15 is 0 Å². The molecule has 1 aromatic carbocycles. The fourth-order valence-electron chi connectivity index (χ4n) is 2.82. The van der Waals surface area contributed by atoms with E-state index < -0.39 is 12.0 Å². The molecule has 0 aromatic heterocycles. The van der Waals surface area contributed by atoms with Crippen LogP contribution in [0.3, 0.4) is 0 Å². The van der Waals surface area contributed by atoms with Crippen molar-refractivity contribution in [3.05, 3.63) is 29.8 Å². The molecule has 0 aliphatic carbocycles. The minimum Gasteiger partial charge on any atom is -0.480 e. The molecule has 2 rings (SSSR count). The molecule has 1 aliphatic heterocycles. The highest BCUT2D eigenvalue weighted by molar-refractivity contribution is 8.00. The van der Waals surface area contributed by atoms with Gasteiger partial charge in [0.05, 0.1) is 12.4 Å². The molecule has 138 valence electrons. The van der Waals surface area contributed by atoms with E-state index in [4.69, 9.17) is 4.74 Å². The third kappa shape index (κ3) is 6.04. The fraction of sp³-hybridized carbons (Fsp3) is 0.579. The van der Waals surface area contributed by atoms with Gasteiger partial charge in [0.25, 0.3) is 0 Å². The maximum absolute atomic E-state index is 12.2. The number of amides is 1. The predicted octanol–water partition coefficient (Wildman–Crippen LogP) is 3.07. The average Bonchev–Trinajstić information content (AvgIpc) is 2.58. The van der Waals surface area contributed by atoms with Crippen LogP contribution in [-0.2, 0) is 19.7 Å². The van der Waals surface area contributed by atoms with E-state index in [1.54, 1.807) is 0 Å². The maximum Gasteiger partial charge on any atom is 0.326 e. The number of rotatable bonds is 6. The summed E-state index contributed by atoms with van der Waals surface area (Å²) in [5.41, 5.74) is 1.33. The quantitative estimate of drug-likeness (QED) is 0.758. The maximum atomic E-state index is 12.2. The fourth-order valence-corrected chi connectivity index (χ4v) is 3.53. The molecule has 1 heterocycles. The molecule has 0 saturated carbocycles. The molecule has 0 spiro atoms. The Morgan fingerprint density at radius 3 is 2.52 bits per heavy atom. The second-order valence-corrected chi connectivity index (χ2v) is 8.47. The van der Waals surface area contributed by atoms with Crippen LogP contribution in [0.4, 0.5) is 0 Å². The van der Waals surface area contributed by atoms with Gasteiger partial charge in [-0.2, -0.15) is 0 Å². The summed E-state index contributed by atoms with van der Waals surface area (Å²) in [6, 6.07) is 7.26. The summed E-state index contributed by atoms with van der Waals surface area (Å²) in [6.45, 7) is 7.52. The molecule has 1 aliphatic rings. The zero-order valence-electron chi connectivity index (χ0n) is 15.1. The van der Waals surface area contributed by atoms with Crippen LogP contribution >= 0.6 is 11.8 Å². The topological polar surface area (TPSA) is 75.6 Å². The number of carbonyl (C=O) groups excluding carboxylic acids is 1. The first-order valence-electron chi connectivity index (χ1n) is 8.60. The highest BCUT2D eigenvalue weighted by atomic mass is 32.2. The summed E-state index contributed by atoms with van der Waals surface area (Å²) in [6.07, 6.45) is 1.60. The number of benzene rings is 1. The molecule has 1 saturated heterocycles. The van der Waals surface area contributed by atoms with Gasteiger partial charge in [0.2, 0.25) is 5.91 Å². The Morgan fingerprint density at radius 2 is 2.00 bits per heavy atom. The van der Waals surface area contributed by atoms with Crippen molar-refractivity contribution in [1.82, 2.24) is 5.32 Å². The Morgan fingerprint density at radius 1 is 1.32 bits per heavy atom. The number of hydrogen-bond donors (Lipinski definition) is 2. The highest BCUT2D eigenvalue weighted by Gasteiger charge is 2.31. The van der Waals surface area contributed by atoms with Crippen molar-refractivity contribution < 1.29 is 19.4 Å². The summed E-state index contributed by atoms with van der Waals surface area (Å²) in [5, 5.41) is 12.0. The van der Waals surface area contributed by atoms with Gasteiger partial charge in [0.15, 0.2) is 0 Å². The van der Waals surface area contributed by atoms with E-state index in [0.717, 1.165) is 17.7 Å². The molecular formula is C19H27NO4S. The normalized spacial score (nSPS) is 19.2. The number of thioether (sulfide) groups is 1. The first-order valence-corrected chi connectivity index (χ1v) is 9.59. The van der Waals surface area contributed by atoms with E-state index in [-0.39, 0.29) is 23.0 Å². The SMILES string of the molecule is CC(C)(C)c1ccc(SCC(=O)NC(C(=O)O)C2CCCOC2)cc1. The summed E-state index contributed by atoms with van der Waals surface area (Å²) in [5.74, 6) is -1.22. The van der Waals surface area contributed by atoms with Crippen LogP contribution in [0.25, 0.3) is 0 Å². The first kappa shape index (κ1) is 19.8. The van der Waals surface area contributed by atoms with Crippen LogP contribution in [0.5, 0.6) is 0 Å². The summed E-state index contributed by atoms with van der Waals surface area (Å²) in [7, 11) is 0. The van der Waals surface area contributed by atoms with Crippen LogP contribution in [0.15, 0.2) is 29.2 Å². The zero-order valence-corrected chi connectivity index (χ0v) is 15.9. The summed E-state index contributed by atoms with van der Waals surface area (Å²) >= 11 is 1.41. The second kappa shape index (κ2) is 8.72. The smallest absolute Gasteiger partial charge is 0.326 e. The predicted molar refractivity (Wildman–Crippen MR) is 99.0 cm³/mol. The molecule has 25 heavy (non-hydrogen) atoms. The molecular weight excluding hydrogens is 338 g/mol. The van der Waals surface area contributed by atoms with Gasteiger partial charge in [-0.05, 0) is 36.0 Å². The van der Waals surface area contributed by atoms with Crippen molar-refractivity contribution in [2.24, 2.45) is 5.92 Å². The first-order chi connectivity index (χ1) is 11.8. The molecule has 2 atom stereocenters. The van der Waals surface area contributed by atoms with Gasteiger partial charge in [-0.25, -0.2) is 4.79 Å². The minimum absolute atomic E-state index is 0.0946. The third-order valence-electron chi connectivity index (χ3n) is 4.34. The van der Waals surface area contributed by atoms with E-state index in [2.05, 4.69) is 38.2 Å². The van der Waals surface area contributed by atoms with Crippen molar-refractivity contribution in [1.29, 1.82) is 0 Å². The van der Waals surface area contributed by atoms with Crippen LogP contribution < -0.4 is 5.32 Å². The van der Waals surface area contributed by atoms with Gasteiger partial charge in [0.1, 0.15) is 6.04 Å². The number of aliphatic carboxylic acids is 1. The lowest BCUT2D eigenvalue weighted by Crippen LogP contribution is -2.48. The number of nitrogens with one attached hydrogen (secondary N) is 1. The number of carboxylic acids is 1. The van der Waals surface area contributed by atoms with E-state index in [9.17, 15) is 14.7 Å². The van der Waals surface area contributed by atoms with Gasteiger partial charge in [-0.3, -0.25) is 4.79 Å². The summed E-state index contributed by atoms with van der Waals surface area (Å²) < 4.78 is 5.34. The molecule has 5 nitrogen and oxygen atoms in total. The van der Waals surface area contributed by atoms with Crippen LogP contribution in [-0.4, -0.2) is 42.0 Å². The molecule has 1 amide bonds. The molecule has 0 radical (unpaired) electrons. The van der Waals surface area contributed by atoms with E-state index in [1.165, 1.54) is 17.3 Å². The monoisotopic (exact) mass is 365 g/mol.